The molecular formula is C21H20N4O. The second-order valence-electron chi connectivity index (χ2n) is 6.89. The Labute approximate surface area is 151 Å². The highest BCUT2D eigenvalue weighted by Gasteiger charge is 2.28. The van der Waals surface area contributed by atoms with Crippen LogP contribution >= 0.6 is 0 Å². The van der Waals surface area contributed by atoms with Gasteiger partial charge in [-0.3, -0.25) is 4.90 Å². The molecule has 0 bridgehead atoms. The van der Waals surface area contributed by atoms with E-state index >= 15 is 0 Å². The number of nitrogens with zero attached hydrogens (tertiary/aromatic N) is 3. The fourth-order valence-electron chi connectivity index (χ4n) is 3.78. The molecule has 0 spiro atoms. The summed E-state index contributed by atoms with van der Waals surface area (Å²) in [7, 11) is 0. The Morgan fingerprint density at radius 3 is 2.81 bits per heavy atom. The molecule has 5 heteroatoms. The number of hydrogen-bond acceptors (Lipinski definition) is 4. The van der Waals surface area contributed by atoms with Crippen molar-refractivity contribution in [2.75, 3.05) is 13.1 Å². The van der Waals surface area contributed by atoms with E-state index in [1.54, 1.807) is 0 Å². The summed E-state index contributed by atoms with van der Waals surface area (Å²) < 4.78 is 5.95. The van der Waals surface area contributed by atoms with E-state index < -0.39 is 0 Å². The number of aromatic nitrogens is 3. The monoisotopic (exact) mass is 344 g/mol. The third-order valence-electron chi connectivity index (χ3n) is 5.15. The first-order valence-electron chi connectivity index (χ1n) is 9.03. The van der Waals surface area contributed by atoms with Crippen molar-refractivity contribution < 1.29 is 4.42 Å². The molecule has 0 aliphatic carbocycles. The molecule has 1 unspecified atom stereocenters. The number of hydrogen-bond donors (Lipinski definition) is 1. The van der Waals surface area contributed by atoms with E-state index in [2.05, 4.69) is 50.5 Å². The summed E-state index contributed by atoms with van der Waals surface area (Å²) in [6.45, 7) is 2.95. The van der Waals surface area contributed by atoms with Crippen molar-refractivity contribution in [3.8, 4) is 11.5 Å². The second kappa shape index (κ2) is 6.42. The minimum Gasteiger partial charge on any atom is -0.420 e. The predicted molar refractivity (Wildman–Crippen MR) is 101 cm³/mol. The molecule has 1 aliphatic rings. The number of para-hydroxylation sites is 1. The van der Waals surface area contributed by atoms with Crippen LogP contribution in [-0.4, -0.2) is 33.2 Å². The minimum atomic E-state index is 0.310. The van der Waals surface area contributed by atoms with Gasteiger partial charge in [0.25, 0.3) is 0 Å². The van der Waals surface area contributed by atoms with Gasteiger partial charge in [-0.1, -0.05) is 36.4 Å². The highest BCUT2D eigenvalue weighted by Crippen LogP contribution is 2.30. The van der Waals surface area contributed by atoms with Gasteiger partial charge < -0.3 is 9.40 Å². The Hall–Kier alpha value is -2.92. The van der Waals surface area contributed by atoms with E-state index in [1.807, 2.05) is 30.3 Å². The first-order valence-corrected chi connectivity index (χ1v) is 9.03. The molecule has 0 saturated carbocycles. The zero-order chi connectivity index (χ0) is 17.3. The average molecular weight is 344 g/mol. The van der Waals surface area contributed by atoms with Crippen LogP contribution in [0.3, 0.4) is 0 Å². The van der Waals surface area contributed by atoms with Gasteiger partial charge in [-0.25, -0.2) is 0 Å². The Bertz CT molecular complexity index is 1020. The van der Waals surface area contributed by atoms with Crippen LogP contribution in [0.1, 0.15) is 23.8 Å². The molecule has 5 nitrogen and oxygen atoms in total. The number of aromatic amines is 1. The van der Waals surface area contributed by atoms with Crippen LogP contribution in [0.25, 0.3) is 22.4 Å². The normalized spacial score (nSPS) is 17.9. The van der Waals surface area contributed by atoms with Gasteiger partial charge in [0, 0.05) is 35.8 Å². The largest absolute Gasteiger partial charge is 0.420 e. The van der Waals surface area contributed by atoms with Gasteiger partial charge in [0.2, 0.25) is 11.8 Å². The van der Waals surface area contributed by atoms with E-state index in [1.165, 1.54) is 16.5 Å². The second-order valence-corrected chi connectivity index (χ2v) is 6.89. The SMILES string of the molecule is c1ccc(-c2nnc(C3CCN(Cc4c[nH]c5ccccc45)C3)o2)cc1. The van der Waals surface area contributed by atoms with Crippen molar-refractivity contribution in [1.82, 2.24) is 20.1 Å². The third-order valence-corrected chi connectivity index (χ3v) is 5.15. The number of H-pyrrole nitrogens is 1. The summed E-state index contributed by atoms with van der Waals surface area (Å²) >= 11 is 0. The van der Waals surface area contributed by atoms with Crippen LogP contribution in [-0.2, 0) is 6.54 Å². The van der Waals surface area contributed by atoms with E-state index in [9.17, 15) is 0 Å². The number of rotatable bonds is 4. The minimum absolute atomic E-state index is 0.310. The van der Waals surface area contributed by atoms with Crippen LogP contribution in [0, 0.1) is 0 Å². The highest BCUT2D eigenvalue weighted by atomic mass is 16.4. The Balaban J connectivity index is 1.30. The summed E-state index contributed by atoms with van der Waals surface area (Å²) in [6.07, 6.45) is 3.18. The van der Waals surface area contributed by atoms with E-state index in [-0.39, 0.29) is 0 Å². The lowest BCUT2D eigenvalue weighted by Crippen LogP contribution is -2.19. The quantitative estimate of drug-likeness (QED) is 0.602. The fraction of sp³-hybridized carbons (Fsp3) is 0.238. The van der Waals surface area contributed by atoms with Crippen molar-refractivity contribution in [3.05, 3.63) is 72.2 Å². The van der Waals surface area contributed by atoms with Crippen molar-refractivity contribution >= 4 is 10.9 Å². The summed E-state index contributed by atoms with van der Waals surface area (Å²) in [5.74, 6) is 1.67. The summed E-state index contributed by atoms with van der Waals surface area (Å²) in [5.41, 5.74) is 3.51. The lowest BCUT2D eigenvalue weighted by molar-refractivity contribution is 0.321. The lowest BCUT2D eigenvalue weighted by atomic mass is 10.1. The molecule has 1 atom stereocenters. The summed E-state index contributed by atoms with van der Waals surface area (Å²) in [4.78, 5) is 5.82. The number of likely N-dealkylation sites (tertiary alicyclic amines) is 1. The van der Waals surface area contributed by atoms with Gasteiger partial charge in [0.15, 0.2) is 0 Å². The maximum atomic E-state index is 5.95. The molecule has 1 N–H and O–H groups in total. The van der Waals surface area contributed by atoms with Gasteiger partial charge >= 0.3 is 0 Å². The molecule has 3 heterocycles. The zero-order valence-electron chi connectivity index (χ0n) is 14.4. The molecule has 130 valence electrons. The standard InChI is InChI=1S/C21H20N4O/c1-2-6-15(7-3-1)20-23-24-21(26-20)16-10-11-25(13-16)14-17-12-22-19-9-5-4-8-18(17)19/h1-9,12,16,22H,10-11,13-14H2. The summed E-state index contributed by atoms with van der Waals surface area (Å²) in [5, 5.41) is 9.84. The zero-order valence-corrected chi connectivity index (χ0v) is 14.4. The molecule has 2 aromatic carbocycles. The molecule has 0 amide bonds. The third kappa shape index (κ3) is 2.80. The lowest BCUT2D eigenvalue weighted by Gasteiger charge is -2.14. The van der Waals surface area contributed by atoms with Crippen LogP contribution < -0.4 is 0 Å². The molecule has 4 aromatic rings. The Kier molecular flexibility index (Phi) is 3.79. The van der Waals surface area contributed by atoms with Crippen LogP contribution in [0.4, 0.5) is 0 Å². The van der Waals surface area contributed by atoms with E-state index in [0.29, 0.717) is 11.8 Å². The van der Waals surface area contributed by atoms with Gasteiger partial charge in [-0.2, -0.15) is 0 Å². The van der Waals surface area contributed by atoms with Crippen molar-refractivity contribution in [3.63, 3.8) is 0 Å². The maximum Gasteiger partial charge on any atom is 0.247 e. The Morgan fingerprint density at radius 2 is 1.88 bits per heavy atom. The van der Waals surface area contributed by atoms with E-state index in [4.69, 9.17) is 4.42 Å². The van der Waals surface area contributed by atoms with Crippen molar-refractivity contribution in [2.45, 2.75) is 18.9 Å². The first kappa shape index (κ1) is 15.3. The molecule has 1 fully saturated rings. The molecule has 26 heavy (non-hydrogen) atoms. The van der Waals surface area contributed by atoms with Crippen LogP contribution in [0.15, 0.2) is 65.2 Å². The van der Waals surface area contributed by atoms with Gasteiger partial charge in [-0.15, -0.1) is 10.2 Å². The Morgan fingerprint density at radius 1 is 1.04 bits per heavy atom. The number of nitrogens with one attached hydrogen (secondary N) is 1. The van der Waals surface area contributed by atoms with Crippen molar-refractivity contribution in [2.24, 2.45) is 0 Å². The molecule has 2 aromatic heterocycles. The highest BCUT2D eigenvalue weighted by molar-refractivity contribution is 5.82. The predicted octanol–water partition coefficient (Wildman–Crippen LogP) is 4.21. The molecule has 1 saturated heterocycles. The van der Waals surface area contributed by atoms with Gasteiger partial charge in [0.05, 0.1) is 5.92 Å². The van der Waals surface area contributed by atoms with Gasteiger partial charge in [-0.05, 0) is 36.7 Å². The smallest absolute Gasteiger partial charge is 0.247 e. The van der Waals surface area contributed by atoms with Crippen LogP contribution in [0.5, 0.6) is 0 Å². The van der Waals surface area contributed by atoms with Gasteiger partial charge in [0.1, 0.15) is 0 Å². The topological polar surface area (TPSA) is 58.0 Å². The van der Waals surface area contributed by atoms with E-state index in [0.717, 1.165) is 37.5 Å². The molecule has 5 rings (SSSR count). The summed E-state index contributed by atoms with van der Waals surface area (Å²) in [6, 6.07) is 18.4. The molecule has 0 radical (unpaired) electrons. The first-order chi connectivity index (χ1) is 12.9. The molecule has 1 aliphatic heterocycles. The number of benzene rings is 2. The molecular weight excluding hydrogens is 324 g/mol. The van der Waals surface area contributed by atoms with Crippen LogP contribution in [0.2, 0.25) is 0 Å². The average Bonchev–Trinajstić information content (AvgIpc) is 3.43. The fourth-order valence-corrected chi connectivity index (χ4v) is 3.78. The number of fused-ring (bicyclic) bond motifs is 1. The van der Waals surface area contributed by atoms with Crippen molar-refractivity contribution in [1.29, 1.82) is 0 Å². The maximum absolute atomic E-state index is 5.95.